The summed E-state index contributed by atoms with van der Waals surface area (Å²) in [5.74, 6) is -0.378. The minimum Gasteiger partial charge on any atom is -0.370 e. The third kappa shape index (κ3) is 2.82. The molecule has 0 saturated carbocycles. The lowest BCUT2D eigenvalue weighted by atomic mass is 9.99. The van der Waals surface area contributed by atoms with E-state index in [2.05, 4.69) is 15.9 Å². The molecule has 76 valence electrons. The Labute approximate surface area is 91.6 Å². The number of primary amides is 1. The third-order valence-electron chi connectivity index (χ3n) is 2.06. The molecule has 4 heteroatoms. The number of aryl methyl sites for hydroxylation is 1. The van der Waals surface area contributed by atoms with Gasteiger partial charge in [-0.1, -0.05) is 22.0 Å². The van der Waals surface area contributed by atoms with Crippen LogP contribution in [-0.4, -0.2) is 5.91 Å². The first-order valence-electron chi connectivity index (χ1n) is 4.30. The highest BCUT2D eigenvalue weighted by atomic mass is 79.9. The summed E-state index contributed by atoms with van der Waals surface area (Å²) in [5.41, 5.74) is 13.0. The summed E-state index contributed by atoms with van der Waals surface area (Å²) < 4.78 is 0.957. The van der Waals surface area contributed by atoms with E-state index in [1.165, 1.54) is 0 Å². The van der Waals surface area contributed by atoms with E-state index in [-0.39, 0.29) is 18.4 Å². The maximum atomic E-state index is 10.7. The predicted molar refractivity (Wildman–Crippen MR) is 59.6 cm³/mol. The van der Waals surface area contributed by atoms with E-state index in [4.69, 9.17) is 11.5 Å². The number of hydrogen-bond acceptors (Lipinski definition) is 2. The van der Waals surface area contributed by atoms with Gasteiger partial charge < -0.3 is 11.5 Å². The molecular formula is C10H13BrN2O. The van der Waals surface area contributed by atoms with Gasteiger partial charge >= 0.3 is 0 Å². The van der Waals surface area contributed by atoms with Gasteiger partial charge in [-0.25, -0.2) is 0 Å². The van der Waals surface area contributed by atoms with Crippen molar-refractivity contribution in [3.8, 4) is 0 Å². The Morgan fingerprint density at radius 1 is 1.57 bits per heavy atom. The molecule has 1 aromatic rings. The van der Waals surface area contributed by atoms with Crippen LogP contribution in [0.25, 0.3) is 0 Å². The Morgan fingerprint density at radius 2 is 2.21 bits per heavy atom. The molecule has 1 amide bonds. The van der Waals surface area contributed by atoms with Crippen LogP contribution >= 0.6 is 15.9 Å². The molecule has 0 aliphatic heterocycles. The first-order chi connectivity index (χ1) is 6.50. The van der Waals surface area contributed by atoms with E-state index in [1.54, 1.807) is 0 Å². The van der Waals surface area contributed by atoms with Crippen LogP contribution in [0.5, 0.6) is 0 Å². The number of rotatable bonds is 3. The topological polar surface area (TPSA) is 69.1 Å². The SMILES string of the molecule is Cc1ccc(Br)cc1C(N)CC(N)=O. The van der Waals surface area contributed by atoms with Crippen LogP contribution in [0, 0.1) is 6.92 Å². The third-order valence-corrected chi connectivity index (χ3v) is 2.56. The van der Waals surface area contributed by atoms with E-state index in [1.807, 2.05) is 25.1 Å². The first kappa shape index (κ1) is 11.2. The largest absolute Gasteiger partial charge is 0.370 e. The van der Waals surface area contributed by atoms with Gasteiger partial charge in [0.2, 0.25) is 5.91 Å². The summed E-state index contributed by atoms with van der Waals surface area (Å²) in [6, 6.07) is 5.50. The highest BCUT2D eigenvalue weighted by Crippen LogP contribution is 2.22. The van der Waals surface area contributed by atoms with Crippen molar-refractivity contribution in [2.75, 3.05) is 0 Å². The van der Waals surface area contributed by atoms with Crippen LogP contribution in [0.3, 0.4) is 0 Å². The van der Waals surface area contributed by atoms with Crippen molar-refractivity contribution in [1.82, 2.24) is 0 Å². The smallest absolute Gasteiger partial charge is 0.219 e. The van der Waals surface area contributed by atoms with Gasteiger partial charge in [0.15, 0.2) is 0 Å². The van der Waals surface area contributed by atoms with E-state index in [0.717, 1.165) is 15.6 Å². The van der Waals surface area contributed by atoms with Gasteiger partial charge in [0.1, 0.15) is 0 Å². The molecule has 0 saturated heterocycles. The quantitative estimate of drug-likeness (QED) is 0.864. The number of amides is 1. The van der Waals surface area contributed by atoms with E-state index < -0.39 is 0 Å². The highest BCUT2D eigenvalue weighted by molar-refractivity contribution is 9.10. The second kappa shape index (κ2) is 4.57. The van der Waals surface area contributed by atoms with Crippen LogP contribution in [-0.2, 0) is 4.79 Å². The van der Waals surface area contributed by atoms with Gasteiger partial charge in [-0.05, 0) is 30.2 Å². The molecule has 1 unspecified atom stereocenters. The maximum Gasteiger partial charge on any atom is 0.219 e. The van der Waals surface area contributed by atoms with Gasteiger partial charge in [-0.15, -0.1) is 0 Å². The van der Waals surface area contributed by atoms with E-state index in [0.29, 0.717) is 0 Å². The van der Waals surface area contributed by atoms with Crippen LogP contribution < -0.4 is 11.5 Å². The van der Waals surface area contributed by atoms with Gasteiger partial charge in [-0.3, -0.25) is 4.79 Å². The molecule has 0 aromatic heterocycles. The van der Waals surface area contributed by atoms with Crippen molar-refractivity contribution in [2.45, 2.75) is 19.4 Å². The molecule has 0 aliphatic carbocycles. The van der Waals surface area contributed by atoms with Gasteiger partial charge in [-0.2, -0.15) is 0 Å². The molecule has 4 N–H and O–H groups in total. The van der Waals surface area contributed by atoms with Crippen molar-refractivity contribution in [2.24, 2.45) is 11.5 Å². The lowest BCUT2D eigenvalue weighted by molar-refractivity contribution is -0.118. The zero-order chi connectivity index (χ0) is 10.7. The number of halogens is 1. The van der Waals surface area contributed by atoms with Crippen molar-refractivity contribution in [3.05, 3.63) is 33.8 Å². The van der Waals surface area contributed by atoms with Crippen molar-refractivity contribution in [3.63, 3.8) is 0 Å². The Balaban J connectivity index is 2.93. The summed E-state index contributed by atoms with van der Waals surface area (Å²) in [6.07, 6.45) is 0.178. The van der Waals surface area contributed by atoms with Crippen molar-refractivity contribution in [1.29, 1.82) is 0 Å². The van der Waals surface area contributed by atoms with Gasteiger partial charge in [0.25, 0.3) is 0 Å². The molecule has 3 nitrogen and oxygen atoms in total. The molecular weight excluding hydrogens is 244 g/mol. The zero-order valence-electron chi connectivity index (χ0n) is 7.96. The number of carbonyl (C=O) groups excluding carboxylic acids is 1. The summed E-state index contributed by atoms with van der Waals surface area (Å²) >= 11 is 3.36. The minimum atomic E-state index is -0.378. The molecule has 1 rings (SSSR count). The average molecular weight is 257 g/mol. The van der Waals surface area contributed by atoms with Crippen molar-refractivity contribution >= 4 is 21.8 Å². The molecule has 0 bridgehead atoms. The van der Waals surface area contributed by atoms with E-state index >= 15 is 0 Å². The molecule has 14 heavy (non-hydrogen) atoms. The molecule has 0 spiro atoms. The second-order valence-corrected chi connectivity index (χ2v) is 4.19. The summed E-state index contributed by atoms with van der Waals surface area (Å²) in [5, 5.41) is 0. The normalized spacial score (nSPS) is 12.5. The Kier molecular flexibility index (Phi) is 3.66. The van der Waals surface area contributed by atoms with Gasteiger partial charge in [0.05, 0.1) is 0 Å². The van der Waals surface area contributed by atoms with Crippen LogP contribution in [0.2, 0.25) is 0 Å². The first-order valence-corrected chi connectivity index (χ1v) is 5.10. The van der Waals surface area contributed by atoms with Crippen LogP contribution in [0.4, 0.5) is 0 Å². The molecule has 0 fully saturated rings. The Bertz CT molecular complexity index is 352. The monoisotopic (exact) mass is 256 g/mol. The average Bonchev–Trinajstić information content (AvgIpc) is 2.08. The Morgan fingerprint density at radius 3 is 2.79 bits per heavy atom. The number of nitrogens with two attached hydrogens (primary N) is 2. The van der Waals surface area contributed by atoms with Crippen molar-refractivity contribution < 1.29 is 4.79 Å². The lowest BCUT2D eigenvalue weighted by Gasteiger charge is -2.13. The molecule has 0 aliphatic rings. The standard InChI is InChI=1S/C10H13BrN2O/c1-6-2-3-7(11)4-8(6)9(12)5-10(13)14/h2-4,9H,5,12H2,1H3,(H2,13,14). The number of benzene rings is 1. The summed E-state index contributed by atoms with van der Waals surface area (Å²) in [7, 11) is 0. The number of hydrogen-bond donors (Lipinski definition) is 2. The van der Waals surface area contributed by atoms with Gasteiger partial charge in [0, 0.05) is 16.9 Å². The predicted octanol–water partition coefficient (Wildman–Crippen LogP) is 1.63. The fourth-order valence-electron chi connectivity index (χ4n) is 1.34. The summed E-state index contributed by atoms with van der Waals surface area (Å²) in [4.78, 5) is 10.7. The maximum absolute atomic E-state index is 10.7. The minimum absolute atomic E-state index is 0.178. The molecule has 1 aromatic carbocycles. The molecule has 1 atom stereocenters. The fraction of sp³-hybridized carbons (Fsp3) is 0.300. The molecule has 0 heterocycles. The second-order valence-electron chi connectivity index (χ2n) is 3.28. The van der Waals surface area contributed by atoms with E-state index in [9.17, 15) is 4.79 Å². The summed E-state index contributed by atoms with van der Waals surface area (Å²) in [6.45, 7) is 1.96. The van der Waals surface area contributed by atoms with Crippen LogP contribution in [0.15, 0.2) is 22.7 Å². The molecule has 0 radical (unpaired) electrons. The highest BCUT2D eigenvalue weighted by Gasteiger charge is 2.11. The number of carbonyl (C=O) groups is 1. The zero-order valence-corrected chi connectivity index (χ0v) is 9.54. The van der Waals surface area contributed by atoms with Crippen LogP contribution in [0.1, 0.15) is 23.6 Å². The lowest BCUT2D eigenvalue weighted by Crippen LogP contribution is -2.21. The Hall–Kier alpha value is -0.870. The fourth-order valence-corrected chi connectivity index (χ4v) is 1.72.